The number of hydrogen-bond acceptors (Lipinski definition) is 7. The molecule has 0 aromatic carbocycles. The van der Waals surface area contributed by atoms with Crippen molar-refractivity contribution >= 4 is 19.8 Å². The van der Waals surface area contributed by atoms with Gasteiger partial charge < -0.3 is 14.4 Å². The van der Waals surface area contributed by atoms with Crippen molar-refractivity contribution in [3.05, 3.63) is 0 Å². The number of phosphoric acid groups is 1. The van der Waals surface area contributed by atoms with Gasteiger partial charge in [-0.3, -0.25) is 18.6 Å². The van der Waals surface area contributed by atoms with Crippen LogP contribution in [0.1, 0.15) is 27.7 Å². The van der Waals surface area contributed by atoms with Gasteiger partial charge in [0.15, 0.2) is 0 Å². The van der Waals surface area contributed by atoms with E-state index in [1.54, 1.807) is 0 Å². The van der Waals surface area contributed by atoms with Crippen LogP contribution in [-0.2, 0) is 32.7 Å². The number of carbonyl (C=O) groups excluding carboxylic acids is 2. The molecule has 0 atom stereocenters. The van der Waals surface area contributed by atoms with E-state index in [-0.39, 0.29) is 13.2 Å². The molecule has 8 nitrogen and oxygen atoms in total. The minimum Gasteiger partial charge on any atom is -0.469 e. The van der Waals surface area contributed by atoms with Crippen molar-refractivity contribution in [3.63, 3.8) is 0 Å². The first kappa shape index (κ1) is 20.1. The Morgan fingerprint density at radius 1 is 0.905 bits per heavy atom. The molecular formula is C12H23O8P. The fourth-order valence-corrected chi connectivity index (χ4v) is 2.24. The lowest BCUT2D eigenvalue weighted by Gasteiger charge is -2.25. The van der Waals surface area contributed by atoms with E-state index in [0.717, 1.165) is 0 Å². The Kier molecular flexibility index (Phi) is 7.02. The summed E-state index contributed by atoms with van der Waals surface area (Å²) in [6.07, 6.45) is 0. The third-order valence-corrected chi connectivity index (χ3v) is 3.56. The molecule has 0 rings (SSSR count). The van der Waals surface area contributed by atoms with Gasteiger partial charge in [0.25, 0.3) is 0 Å². The molecule has 0 aliphatic heterocycles. The van der Waals surface area contributed by atoms with Gasteiger partial charge in [-0.2, -0.15) is 0 Å². The first-order valence-corrected chi connectivity index (χ1v) is 7.66. The third-order valence-electron chi connectivity index (χ3n) is 2.65. The lowest BCUT2D eigenvalue weighted by molar-refractivity contribution is -0.152. The van der Waals surface area contributed by atoms with Crippen LogP contribution in [0.4, 0.5) is 0 Å². The van der Waals surface area contributed by atoms with Gasteiger partial charge in [0.1, 0.15) is 0 Å². The van der Waals surface area contributed by atoms with Crippen molar-refractivity contribution in [3.8, 4) is 0 Å². The lowest BCUT2D eigenvalue weighted by Crippen LogP contribution is -2.32. The summed E-state index contributed by atoms with van der Waals surface area (Å²) < 4.78 is 30.4. The zero-order valence-corrected chi connectivity index (χ0v) is 14.1. The van der Waals surface area contributed by atoms with E-state index in [1.165, 1.54) is 41.9 Å². The predicted molar refractivity (Wildman–Crippen MR) is 73.3 cm³/mol. The fourth-order valence-electron chi connectivity index (χ4n) is 1.19. The molecule has 0 aromatic rings. The van der Waals surface area contributed by atoms with E-state index in [4.69, 9.17) is 9.05 Å². The number of methoxy groups -OCH3 is 2. The van der Waals surface area contributed by atoms with E-state index < -0.39 is 30.6 Å². The van der Waals surface area contributed by atoms with Gasteiger partial charge in [-0.05, 0) is 27.7 Å². The van der Waals surface area contributed by atoms with Gasteiger partial charge in [-0.25, -0.2) is 4.57 Å². The first-order valence-electron chi connectivity index (χ1n) is 6.17. The summed E-state index contributed by atoms with van der Waals surface area (Å²) >= 11 is 0. The van der Waals surface area contributed by atoms with Gasteiger partial charge in [-0.15, -0.1) is 0 Å². The van der Waals surface area contributed by atoms with Gasteiger partial charge in [-0.1, -0.05) is 0 Å². The highest BCUT2D eigenvalue weighted by Gasteiger charge is 2.36. The minimum absolute atomic E-state index is 0.369. The lowest BCUT2D eigenvalue weighted by atomic mass is 9.95. The van der Waals surface area contributed by atoms with E-state index in [2.05, 4.69) is 9.47 Å². The maximum absolute atomic E-state index is 11.7. The van der Waals surface area contributed by atoms with Crippen LogP contribution >= 0.6 is 7.82 Å². The van der Waals surface area contributed by atoms with Crippen LogP contribution in [0.2, 0.25) is 0 Å². The van der Waals surface area contributed by atoms with Gasteiger partial charge in [0.05, 0.1) is 38.3 Å². The van der Waals surface area contributed by atoms with Crippen molar-refractivity contribution in [2.45, 2.75) is 27.7 Å². The van der Waals surface area contributed by atoms with Crippen molar-refractivity contribution in [2.24, 2.45) is 10.8 Å². The second-order valence-electron chi connectivity index (χ2n) is 5.77. The molecule has 0 aliphatic rings. The molecule has 0 heterocycles. The Morgan fingerprint density at radius 2 is 1.19 bits per heavy atom. The average Bonchev–Trinajstić information content (AvgIpc) is 2.41. The normalized spacial score (nSPS) is 12.9. The SMILES string of the molecule is COC(=O)C(C)(C)COP(=O)(O)OCC(C)(C)C(=O)OC. The number of carbonyl (C=O) groups is 2. The molecule has 21 heavy (non-hydrogen) atoms. The van der Waals surface area contributed by atoms with Crippen molar-refractivity contribution in [1.82, 2.24) is 0 Å². The second-order valence-corrected chi connectivity index (χ2v) is 7.22. The Hall–Kier alpha value is -0.950. The van der Waals surface area contributed by atoms with Crippen molar-refractivity contribution in [1.29, 1.82) is 0 Å². The fraction of sp³-hybridized carbons (Fsp3) is 0.833. The summed E-state index contributed by atoms with van der Waals surface area (Å²) in [5.41, 5.74) is -2.21. The summed E-state index contributed by atoms with van der Waals surface area (Å²) in [6, 6.07) is 0. The summed E-state index contributed by atoms with van der Waals surface area (Å²) in [6.45, 7) is 5.25. The highest BCUT2D eigenvalue weighted by atomic mass is 31.2. The Bertz CT molecular complexity index is 393. The van der Waals surface area contributed by atoms with E-state index >= 15 is 0 Å². The number of ether oxygens (including phenoxy) is 2. The summed E-state index contributed by atoms with van der Waals surface area (Å²) in [5, 5.41) is 0. The van der Waals surface area contributed by atoms with Crippen LogP contribution < -0.4 is 0 Å². The van der Waals surface area contributed by atoms with E-state index in [9.17, 15) is 19.0 Å². The summed E-state index contributed by atoms with van der Waals surface area (Å²) in [7, 11) is -1.99. The minimum atomic E-state index is -4.40. The van der Waals surface area contributed by atoms with Gasteiger partial charge in [0, 0.05) is 0 Å². The standard InChI is InChI=1S/C12H23O8P/c1-11(2,9(13)17-5)7-19-21(15,16)20-8-12(3,4)10(14)18-6/h7-8H2,1-6H3,(H,15,16). The average molecular weight is 326 g/mol. The number of phosphoric ester groups is 1. The monoisotopic (exact) mass is 326 g/mol. The van der Waals surface area contributed by atoms with E-state index in [1.807, 2.05) is 0 Å². The van der Waals surface area contributed by atoms with Crippen LogP contribution in [0, 0.1) is 10.8 Å². The molecule has 0 aromatic heterocycles. The van der Waals surface area contributed by atoms with Crippen LogP contribution in [0.25, 0.3) is 0 Å². The molecule has 9 heteroatoms. The molecule has 0 spiro atoms. The Balaban J connectivity index is 4.56. The molecule has 0 saturated heterocycles. The van der Waals surface area contributed by atoms with Crippen LogP contribution in [0.5, 0.6) is 0 Å². The van der Waals surface area contributed by atoms with Gasteiger partial charge in [0.2, 0.25) is 0 Å². The highest BCUT2D eigenvalue weighted by molar-refractivity contribution is 7.47. The molecule has 124 valence electrons. The molecular weight excluding hydrogens is 303 g/mol. The largest absolute Gasteiger partial charge is 0.472 e. The molecule has 0 radical (unpaired) electrons. The molecule has 0 bridgehead atoms. The van der Waals surface area contributed by atoms with Crippen LogP contribution in [0.15, 0.2) is 0 Å². The second kappa shape index (κ2) is 7.35. The molecule has 0 amide bonds. The topological polar surface area (TPSA) is 108 Å². The van der Waals surface area contributed by atoms with Gasteiger partial charge >= 0.3 is 19.8 Å². The Morgan fingerprint density at radius 3 is 1.43 bits per heavy atom. The van der Waals surface area contributed by atoms with Crippen molar-refractivity contribution in [2.75, 3.05) is 27.4 Å². The quantitative estimate of drug-likeness (QED) is 0.528. The predicted octanol–water partition coefficient (Wildman–Crippen LogP) is 1.52. The smallest absolute Gasteiger partial charge is 0.469 e. The molecule has 0 fully saturated rings. The summed E-state index contributed by atoms with van der Waals surface area (Å²) in [5.74, 6) is -1.17. The zero-order valence-electron chi connectivity index (χ0n) is 13.2. The maximum atomic E-state index is 11.7. The molecule has 0 saturated carbocycles. The van der Waals surface area contributed by atoms with E-state index in [0.29, 0.717) is 0 Å². The first-order chi connectivity index (χ1) is 9.38. The van der Waals surface area contributed by atoms with Crippen molar-refractivity contribution < 1.29 is 37.6 Å². The molecule has 0 aliphatic carbocycles. The number of rotatable bonds is 8. The molecule has 0 unspecified atom stereocenters. The van der Waals surface area contributed by atoms with Crippen LogP contribution in [-0.4, -0.2) is 44.3 Å². The maximum Gasteiger partial charge on any atom is 0.472 e. The highest BCUT2D eigenvalue weighted by Crippen LogP contribution is 2.46. The molecule has 1 N–H and O–H groups in total. The third kappa shape index (κ3) is 6.56. The summed E-state index contributed by atoms with van der Waals surface area (Å²) in [4.78, 5) is 32.4. The zero-order chi connectivity index (χ0) is 16.9. The number of hydrogen-bond donors (Lipinski definition) is 1. The number of esters is 2. The Labute approximate surface area is 124 Å². The van der Waals surface area contributed by atoms with Crippen LogP contribution in [0.3, 0.4) is 0 Å².